The van der Waals surface area contributed by atoms with Gasteiger partial charge in [-0.25, -0.2) is 4.79 Å². The topological polar surface area (TPSA) is 65.0 Å². The number of carbonyl (C=O) groups is 1. The Labute approximate surface area is 90.3 Å². The minimum absolute atomic E-state index is 0.114. The van der Waals surface area contributed by atoms with E-state index in [0.717, 1.165) is 6.42 Å². The molecule has 90 valence electrons. The molecular formula is C10H20O5. The molecule has 0 rings (SSSR count). The van der Waals surface area contributed by atoms with Crippen molar-refractivity contribution in [3.63, 3.8) is 0 Å². The van der Waals surface area contributed by atoms with Gasteiger partial charge in [-0.15, -0.1) is 0 Å². The van der Waals surface area contributed by atoms with Crippen molar-refractivity contribution in [2.24, 2.45) is 0 Å². The lowest BCUT2D eigenvalue weighted by molar-refractivity contribution is 0.00835. The molecule has 0 aromatic rings. The van der Waals surface area contributed by atoms with Gasteiger partial charge in [-0.05, 0) is 26.7 Å². The van der Waals surface area contributed by atoms with Crippen LogP contribution in [0.25, 0.3) is 0 Å². The highest BCUT2D eigenvalue weighted by Crippen LogP contribution is 2.01. The maximum Gasteiger partial charge on any atom is 0.505 e. The van der Waals surface area contributed by atoms with E-state index in [1.807, 2.05) is 13.8 Å². The van der Waals surface area contributed by atoms with Crippen LogP contribution in [0, 0.1) is 0 Å². The van der Waals surface area contributed by atoms with Crippen molar-refractivity contribution in [2.75, 3.05) is 26.4 Å². The minimum atomic E-state index is -1.22. The van der Waals surface area contributed by atoms with Gasteiger partial charge in [-0.2, -0.15) is 0 Å². The molecule has 0 fully saturated rings. The molecule has 0 aliphatic heterocycles. The first-order valence-electron chi connectivity index (χ1n) is 5.21. The van der Waals surface area contributed by atoms with Crippen molar-refractivity contribution in [2.45, 2.75) is 32.8 Å². The van der Waals surface area contributed by atoms with E-state index < -0.39 is 6.16 Å². The SMILES string of the molecule is CCOCCOC(C)CCCOC(=O)O. The Morgan fingerprint density at radius 1 is 1.33 bits per heavy atom. The molecule has 1 unspecified atom stereocenters. The summed E-state index contributed by atoms with van der Waals surface area (Å²) in [7, 11) is 0. The van der Waals surface area contributed by atoms with Gasteiger partial charge in [0.15, 0.2) is 0 Å². The van der Waals surface area contributed by atoms with Crippen LogP contribution in [0.5, 0.6) is 0 Å². The average molecular weight is 220 g/mol. The molecule has 0 radical (unpaired) electrons. The van der Waals surface area contributed by atoms with E-state index in [2.05, 4.69) is 4.74 Å². The highest BCUT2D eigenvalue weighted by Gasteiger charge is 2.03. The highest BCUT2D eigenvalue weighted by atomic mass is 16.7. The molecule has 0 bridgehead atoms. The second-order valence-electron chi connectivity index (χ2n) is 3.13. The first-order valence-corrected chi connectivity index (χ1v) is 5.21. The molecule has 0 amide bonds. The van der Waals surface area contributed by atoms with Gasteiger partial charge in [0.2, 0.25) is 0 Å². The standard InChI is InChI=1S/C10H20O5/c1-3-13-7-8-14-9(2)5-4-6-15-10(11)12/h9H,3-8H2,1-2H3,(H,11,12). The van der Waals surface area contributed by atoms with Crippen LogP contribution in [0.4, 0.5) is 4.79 Å². The first-order chi connectivity index (χ1) is 7.16. The smallest absolute Gasteiger partial charge is 0.450 e. The van der Waals surface area contributed by atoms with Crippen molar-refractivity contribution >= 4 is 6.16 Å². The van der Waals surface area contributed by atoms with Crippen LogP contribution in [-0.4, -0.2) is 43.8 Å². The quantitative estimate of drug-likeness (QED) is 0.475. The molecule has 1 N–H and O–H groups in total. The zero-order valence-corrected chi connectivity index (χ0v) is 9.40. The van der Waals surface area contributed by atoms with Crippen molar-refractivity contribution in [3.05, 3.63) is 0 Å². The van der Waals surface area contributed by atoms with Gasteiger partial charge in [-0.1, -0.05) is 0 Å². The Hall–Kier alpha value is -0.810. The third kappa shape index (κ3) is 11.1. The second-order valence-corrected chi connectivity index (χ2v) is 3.13. The Morgan fingerprint density at radius 2 is 2.07 bits per heavy atom. The van der Waals surface area contributed by atoms with Crippen LogP contribution >= 0.6 is 0 Å². The Kier molecular flexibility index (Phi) is 9.21. The van der Waals surface area contributed by atoms with Gasteiger partial charge in [0.25, 0.3) is 0 Å². The van der Waals surface area contributed by atoms with Crippen LogP contribution < -0.4 is 0 Å². The Bertz CT molecular complexity index is 160. The first kappa shape index (κ1) is 14.2. The molecule has 5 nitrogen and oxygen atoms in total. The summed E-state index contributed by atoms with van der Waals surface area (Å²) >= 11 is 0. The molecule has 0 saturated heterocycles. The lowest BCUT2D eigenvalue weighted by Gasteiger charge is -2.12. The number of rotatable bonds is 9. The number of hydrogen-bond donors (Lipinski definition) is 1. The number of hydrogen-bond acceptors (Lipinski definition) is 4. The summed E-state index contributed by atoms with van der Waals surface area (Å²) in [5, 5.41) is 8.21. The van der Waals surface area contributed by atoms with Gasteiger partial charge < -0.3 is 19.3 Å². The van der Waals surface area contributed by atoms with E-state index in [0.29, 0.717) is 26.2 Å². The van der Waals surface area contributed by atoms with E-state index >= 15 is 0 Å². The van der Waals surface area contributed by atoms with E-state index in [-0.39, 0.29) is 12.7 Å². The fraction of sp³-hybridized carbons (Fsp3) is 0.900. The number of carboxylic acid groups (broad SMARTS) is 1. The summed E-state index contributed by atoms with van der Waals surface area (Å²) < 4.78 is 14.9. The third-order valence-corrected chi connectivity index (χ3v) is 1.81. The molecule has 0 aliphatic rings. The van der Waals surface area contributed by atoms with Gasteiger partial charge in [0.05, 0.1) is 25.9 Å². The third-order valence-electron chi connectivity index (χ3n) is 1.81. The summed E-state index contributed by atoms with van der Waals surface area (Å²) in [5.74, 6) is 0. The molecule has 0 saturated carbocycles. The van der Waals surface area contributed by atoms with Gasteiger partial charge >= 0.3 is 6.16 Å². The largest absolute Gasteiger partial charge is 0.505 e. The fourth-order valence-corrected chi connectivity index (χ4v) is 1.07. The van der Waals surface area contributed by atoms with Gasteiger partial charge in [-0.3, -0.25) is 0 Å². The minimum Gasteiger partial charge on any atom is -0.450 e. The monoisotopic (exact) mass is 220 g/mol. The van der Waals surface area contributed by atoms with Crippen LogP contribution in [0.2, 0.25) is 0 Å². The molecule has 1 atom stereocenters. The lowest BCUT2D eigenvalue weighted by atomic mass is 10.2. The van der Waals surface area contributed by atoms with Crippen molar-refractivity contribution in [1.82, 2.24) is 0 Å². The molecule has 5 heteroatoms. The van der Waals surface area contributed by atoms with Crippen molar-refractivity contribution in [1.29, 1.82) is 0 Å². The van der Waals surface area contributed by atoms with Crippen molar-refractivity contribution < 1.29 is 24.1 Å². The Morgan fingerprint density at radius 3 is 2.67 bits per heavy atom. The summed E-state index contributed by atoms with van der Waals surface area (Å²) in [6.45, 7) is 6.00. The molecular weight excluding hydrogens is 200 g/mol. The van der Waals surface area contributed by atoms with E-state index in [9.17, 15) is 4.79 Å². The predicted molar refractivity (Wildman–Crippen MR) is 55.1 cm³/mol. The second kappa shape index (κ2) is 9.73. The molecule has 0 aliphatic carbocycles. The maximum atomic E-state index is 10.0. The molecule has 0 aromatic heterocycles. The molecule has 0 aromatic carbocycles. The van der Waals surface area contributed by atoms with E-state index in [4.69, 9.17) is 14.6 Å². The van der Waals surface area contributed by atoms with E-state index in [1.165, 1.54) is 0 Å². The normalized spacial score (nSPS) is 12.4. The van der Waals surface area contributed by atoms with Crippen LogP contribution in [0.15, 0.2) is 0 Å². The molecule has 15 heavy (non-hydrogen) atoms. The molecule has 0 spiro atoms. The van der Waals surface area contributed by atoms with Crippen LogP contribution in [0.3, 0.4) is 0 Å². The van der Waals surface area contributed by atoms with E-state index in [1.54, 1.807) is 0 Å². The summed E-state index contributed by atoms with van der Waals surface area (Å²) in [5.41, 5.74) is 0. The van der Waals surface area contributed by atoms with Gasteiger partial charge in [0, 0.05) is 6.61 Å². The van der Waals surface area contributed by atoms with Gasteiger partial charge in [0.1, 0.15) is 0 Å². The average Bonchev–Trinajstić information content (AvgIpc) is 2.19. The number of ether oxygens (including phenoxy) is 3. The predicted octanol–water partition coefficient (Wildman–Crippen LogP) is 1.90. The van der Waals surface area contributed by atoms with Crippen LogP contribution in [0.1, 0.15) is 26.7 Å². The zero-order valence-electron chi connectivity index (χ0n) is 9.40. The zero-order chi connectivity index (χ0) is 11.5. The molecule has 0 heterocycles. The maximum absolute atomic E-state index is 10.0. The highest BCUT2D eigenvalue weighted by molar-refractivity contribution is 5.56. The van der Waals surface area contributed by atoms with Crippen LogP contribution in [-0.2, 0) is 14.2 Å². The lowest BCUT2D eigenvalue weighted by Crippen LogP contribution is -2.14. The fourth-order valence-electron chi connectivity index (χ4n) is 1.07. The Balaban J connectivity index is 3.18. The van der Waals surface area contributed by atoms with Crippen molar-refractivity contribution in [3.8, 4) is 0 Å². The summed E-state index contributed by atoms with van der Waals surface area (Å²) in [6.07, 6.45) is 0.365. The summed E-state index contributed by atoms with van der Waals surface area (Å²) in [6, 6.07) is 0. The summed E-state index contributed by atoms with van der Waals surface area (Å²) in [4.78, 5) is 10.0.